The smallest absolute Gasteiger partial charge is 0.0964 e. The molecule has 0 spiro atoms. The molecule has 0 N–H and O–H groups in total. The minimum Gasteiger partial charge on any atom is -0.323 e. The predicted octanol–water partition coefficient (Wildman–Crippen LogP) is 6.95. The third-order valence-electron chi connectivity index (χ3n) is 9.60. The number of aromatic nitrogens is 2. The van der Waals surface area contributed by atoms with Crippen molar-refractivity contribution in [3.63, 3.8) is 0 Å². The summed E-state index contributed by atoms with van der Waals surface area (Å²) in [5.41, 5.74) is 4.99. The highest BCUT2D eigenvalue weighted by Crippen LogP contribution is 2.65. The monoisotopic (exact) mass is 386 g/mol. The van der Waals surface area contributed by atoms with Crippen LogP contribution >= 0.6 is 0 Å². The van der Waals surface area contributed by atoms with Gasteiger partial charge in [0, 0.05) is 0 Å². The molecule has 1 aromatic carbocycles. The Hall–Kier alpha value is -1.83. The summed E-state index contributed by atoms with van der Waals surface area (Å²) >= 11 is 0. The summed E-state index contributed by atoms with van der Waals surface area (Å²) in [6.45, 7) is 7.63. The molecule has 2 heteroatoms. The number of hydrogen-bond acceptors (Lipinski definition) is 1. The molecule has 1 aromatic heterocycles. The molecule has 2 aromatic rings. The van der Waals surface area contributed by atoms with Crippen LogP contribution in [0.5, 0.6) is 0 Å². The molecule has 0 radical (unpaired) electrons. The van der Waals surface area contributed by atoms with E-state index >= 15 is 0 Å². The normalized spacial score (nSPS) is 43.6. The summed E-state index contributed by atoms with van der Waals surface area (Å²) in [6.07, 6.45) is 18.1. The quantitative estimate of drug-likeness (QED) is 0.485. The lowest BCUT2D eigenvalue weighted by Crippen LogP contribution is -2.50. The van der Waals surface area contributed by atoms with E-state index in [1.54, 1.807) is 5.57 Å². The van der Waals surface area contributed by atoms with E-state index in [0.717, 1.165) is 23.3 Å². The molecule has 4 unspecified atom stereocenters. The lowest BCUT2D eigenvalue weighted by atomic mass is 9.47. The van der Waals surface area contributed by atoms with Gasteiger partial charge in [-0.1, -0.05) is 56.7 Å². The summed E-state index contributed by atoms with van der Waals surface area (Å²) in [6, 6.07) is 9.05. The summed E-state index contributed by atoms with van der Waals surface area (Å²) in [5.74, 6) is 3.26. The zero-order chi connectivity index (χ0) is 19.8. The fourth-order valence-corrected chi connectivity index (χ4v) is 7.89. The highest BCUT2D eigenvalue weighted by molar-refractivity contribution is 5.75. The Morgan fingerprint density at radius 3 is 2.83 bits per heavy atom. The lowest BCUT2D eigenvalue weighted by Gasteiger charge is -2.58. The highest BCUT2D eigenvalue weighted by Gasteiger charge is 2.57. The molecule has 0 saturated heterocycles. The van der Waals surface area contributed by atoms with Crippen LogP contribution in [0.15, 0.2) is 54.4 Å². The maximum atomic E-state index is 4.71. The van der Waals surface area contributed by atoms with Gasteiger partial charge in [-0.05, 0) is 85.2 Å². The van der Waals surface area contributed by atoms with Crippen molar-refractivity contribution < 1.29 is 0 Å². The van der Waals surface area contributed by atoms with E-state index in [1.165, 1.54) is 44.0 Å². The van der Waals surface area contributed by atoms with Gasteiger partial charge in [0.2, 0.25) is 0 Å². The second-order valence-electron chi connectivity index (χ2n) is 11.0. The van der Waals surface area contributed by atoms with Gasteiger partial charge in [0.05, 0.1) is 23.4 Å². The van der Waals surface area contributed by atoms with Crippen molar-refractivity contribution >= 4 is 11.0 Å². The zero-order valence-electron chi connectivity index (χ0n) is 18.1. The molecule has 0 amide bonds. The predicted molar refractivity (Wildman–Crippen MR) is 120 cm³/mol. The molecule has 0 aliphatic heterocycles. The van der Waals surface area contributed by atoms with Crippen molar-refractivity contribution in [1.29, 1.82) is 0 Å². The van der Waals surface area contributed by atoms with Crippen LogP contribution < -0.4 is 0 Å². The second kappa shape index (κ2) is 6.09. The minimum absolute atomic E-state index is 0.314. The molecule has 2 fully saturated rings. The first-order chi connectivity index (χ1) is 14.0. The fraction of sp³-hybridized carbons (Fsp3) is 0.593. The highest BCUT2D eigenvalue weighted by atomic mass is 15.1. The van der Waals surface area contributed by atoms with Gasteiger partial charge < -0.3 is 4.57 Å². The molecule has 1 heterocycles. The number of hydrogen-bond donors (Lipinski definition) is 0. The zero-order valence-corrected chi connectivity index (χ0v) is 18.1. The molecule has 4 aliphatic rings. The number of benzene rings is 1. The van der Waals surface area contributed by atoms with Crippen molar-refractivity contribution in [3.8, 4) is 0 Å². The molecular weight excluding hydrogens is 352 g/mol. The van der Waals surface area contributed by atoms with Crippen LogP contribution in [0, 0.1) is 34.5 Å². The van der Waals surface area contributed by atoms with Crippen LogP contribution in [-0.2, 0) is 0 Å². The van der Waals surface area contributed by atoms with Crippen LogP contribution in [0.25, 0.3) is 11.0 Å². The van der Waals surface area contributed by atoms with Crippen molar-refractivity contribution in [2.24, 2.45) is 34.5 Å². The summed E-state index contributed by atoms with van der Waals surface area (Å²) < 4.78 is 2.46. The Bertz CT molecular complexity index is 1010. The summed E-state index contributed by atoms with van der Waals surface area (Å²) in [4.78, 5) is 4.71. The lowest BCUT2D eigenvalue weighted by molar-refractivity contribution is -0.0305. The number of fused-ring (bicyclic) bond motifs is 6. The van der Waals surface area contributed by atoms with Crippen LogP contribution in [0.2, 0.25) is 0 Å². The Morgan fingerprint density at radius 2 is 1.93 bits per heavy atom. The van der Waals surface area contributed by atoms with E-state index in [2.05, 4.69) is 74.2 Å². The first-order valence-corrected chi connectivity index (χ1v) is 11.8. The van der Waals surface area contributed by atoms with Gasteiger partial charge in [-0.25, -0.2) is 4.98 Å². The van der Waals surface area contributed by atoms with Gasteiger partial charge in [0.15, 0.2) is 0 Å². The Kier molecular flexibility index (Phi) is 3.78. The summed E-state index contributed by atoms with van der Waals surface area (Å²) in [5, 5.41) is 0. The molecule has 6 rings (SSSR count). The van der Waals surface area contributed by atoms with Crippen molar-refractivity contribution in [3.05, 3.63) is 54.4 Å². The van der Waals surface area contributed by atoms with Crippen LogP contribution in [0.1, 0.15) is 65.3 Å². The third kappa shape index (κ3) is 2.38. The third-order valence-corrected chi connectivity index (χ3v) is 9.60. The van der Waals surface area contributed by atoms with E-state index in [-0.39, 0.29) is 0 Å². The average Bonchev–Trinajstić information content (AvgIpc) is 3.29. The maximum absolute atomic E-state index is 4.71. The number of nitrogens with zero attached hydrogens (tertiary/aromatic N) is 2. The van der Waals surface area contributed by atoms with E-state index in [0.29, 0.717) is 22.8 Å². The van der Waals surface area contributed by atoms with Gasteiger partial charge in [0.1, 0.15) is 0 Å². The molecule has 2 saturated carbocycles. The first-order valence-electron chi connectivity index (χ1n) is 11.8. The van der Waals surface area contributed by atoms with E-state index in [1.807, 2.05) is 0 Å². The standard InChI is InChI=1S/C27H34N2/c1-18-12-14-26(2)19(16-18)8-9-20-21-10-11-25(27(21,3)15-13-22(20)26)29-17-28-23-6-4-5-7-24(23)29/h4-8,10-11,17-18,20-22,25H,9,12-16H2,1-3H3/t18-,20?,21?,22?,25?,26-,27-/m0/s1. The van der Waals surface area contributed by atoms with Crippen LogP contribution in [-0.4, -0.2) is 9.55 Å². The van der Waals surface area contributed by atoms with Gasteiger partial charge in [-0.2, -0.15) is 0 Å². The Morgan fingerprint density at radius 1 is 1.07 bits per heavy atom. The van der Waals surface area contributed by atoms with Crippen molar-refractivity contribution in [2.45, 2.75) is 65.3 Å². The Balaban J connectivity index is 1.36. The fourth-order valence-electron chi connectivity index (χ4n) is 7.89. The molecule has 2 nitrogen and oxygen atoms in total. The SMILES string of the molecule is C[C@H]1CC[C@@]2(C)C(=CCC3C4C=CC(n5cnc6ccccc65)[C@@]4(C)CCC32)C1. The Labute approximate surface area is 175 Å². The molecule has 152 valence electrons. The van der Waals surface area contributed by atoms with Crippen LogP contribution in [0.3, 0.4) is 0 Å². The van der Waals surface area contributed by atoms with E-state index in [9.17, 15) is 0 Å². The minimum atomic E-state index is 0.314. The maximum Gasteiger partial charge on any atom is 0.0964 e. The van der Waals surface area contributed by atoms with Gasteiger partial charge >= 0.3 is 0 Å². The molecule has 0 bridgehead atoms. The van der Waals surface area contributed by atoms with Crippen molar-refractivity contribution in [2.75, 3.05) is 0 Å². The number of imidazole rings is 1. The topological polar surface area (TPSA) is 17.8 Å². The van der Waals surface area contributed by atoms with Crippen molar-refractivity contribution in [1.82, 2.24) is 9.55 Å². The molecule has 4 aliphatic carbocycles. The first kappa shape index (κ1) is 18.0. The van der Waals surface area contributed by atoms with Gasteiger partial charge in [-0.3, -0.25) is 0 Å². The largest absolute Gasteiger partial charge is 0.323 e. The average molecular weight is 387 g/mol. The van der Waals surface area contributed by atoms with E-state index < -0.39 is 0 Å². The molecule has 29 heavy (non-hydrogen) atoms. The molecular formula is C27H34N2. The van der Waals surface area contributed by atoms with Gasteiger partial charge in [-0.15, -0.1) is 0 Å². The van der Waals surface area contributed by atoms with Crippen LogP contribution in [0.4, 0.5) is 0 Å². The van der Waals surface area contributed by atoms with Gasteiger partial charge in [0.25, 0.3) is 0 Å². The number of para-hydroxylation sites is 2. The number of allylic oxidation sites excluding steroid dienone is 4. The number of rotatable bonds is 1. The summed E-state index contributed by atoms with van der Waals surface area (Å²) in [7, 11) is 0. The second-order valence-corrected chi connectivity index (χ2v) is 11.0. The van der Waals surface area contributed by atoms with E-state index in [4.69, 9.17) is 4.98 Å². The molecule has 7 atom stereocenters.